The zero-order chi connectivity index (χ0) is 23.5. The molecule has 0 saturated carbocycles. The number of hydrogen-bond acceptors (Lipinski definition) is 5. The average molecular weight is 482 g/mol. The molecule has 0 radical (unpaired) electrons. The molecule has 168 valence electrons. The third-order valence-corrected chi connectivity index (χ3v) is 6.14. The first-order chi connectivity index (χ1) is 15.8. The van der Waals surface area contributed by atoms with Crippen LogP contribution in [0.15, 0.2) is 65.7 Å². The van der Waals surface area contributed by atoms with Gasteiger partial charge in [-0.15, -0.1) is 0 Å². The fourth-order valence-electron chi connectivity index (χ4n) is 3.36. The van der Waals surface area contributed by atoms with Crippen LogP contribution in [0.4, 0.5) is 10.5 Å². The van der Waals surface area contributed by atoms with Gasteiger partial charge in [-0.25, -0.2) is 0 Å². The first kappa shape index (κ1) is 22.7. The van der Waals surface area contributed by atoms with E-state index in [-0.39, 0.29) is 11.4 Å². The van der Waals surface area contributed by atoms with Crippen LogP contribution in [0.2, 0.25) is 5.02 Å². The van der Waals surface area contributed by atoms with Crippen LogP contribution in [-0.4, -0.2) is 40.2 Å². The zero-order valence-electron chi connectivity index (χ0n) is 17.9. The van der Waals surface area contributed by atoms with Crippen molar-refractivity contribution in [3.8, 4) is 11.4 Å². The van der Waals surface area contributed by atoms with Crippen molar-refractivity contribution in [2.45, 2.75) is 6.92 Å². The summed E-state index contributed by atoms with van der Waals surface area (Å²) in [5, 5.41) is 2.71. The normalized spacial score (nSPS) is 14.8. The summed E-state index contributed by atoms with van der Waals surface area (Å²) in [6.07, 6.45) is 3.55. The van der Waals surface area contributed by atoms with E-state index in [4.69, 9.17) is 16.3 Å². The number of anilines is 1. The van der Waals surface area contributed by atoms with E-state index in [1.165, 1.54) is 0 Å². The number of ether oxygens (including phenoxy) is 1. The number of thioether (sulfide) groups is 1. The van der Waals surface area contributed by atoms with E-state index >= 15 is 0 Å². The number of imide groups is 1. The molecule has 1 aliphatic heterocycles. The maximum Gasteiger partial charge on any atom is 0.294 e. The molecule has 0 aliphatic carbocycles. The van der Waals surface area contributed by atoms with Crippen molar-refractivity contribution in [3.05, 3.63) is 82.0 Å². The van der Waals surface area contributed by atoms with Gasteiger partial charge in [0.1, 0.15) is 12.3 Å². The average Bonchev–Trinajstić information content (AvgIpc) is 3.29. The first-order valence-electron chi connectivity index (χ1n) is 9.98. The van der Waals surface area contributed by atoms with Gasteiger partial charge in [0.15, 0.2) is 0 Å². The zero-order valence-corrected chi connectivity index (χ0v) is 19.4. The van der Waals surface area contributed by atoms with E-state index in [0.717, 1.165) is 39.4 Å². The van der Waals surface area contributed by atoms with E-state index in [0.29, 0.717) is 10.7 Å². The summed E-state index contributed by atoms with van der Waals surface area (Å²) in [5.41, 5.74) is 3.22. The van der Waals surface area contributed by atoms with Gasteiger partial charge in [-0.3, -0.25) is 19.3 Å². The smallest absolute Gasteiger partial charge is 0.294 e. The van der Waals surface area contributed by atoms with Crippen molar-refractivity contribution in [1.82, 2.24) is 9.47 Å². The minimum absolute atomic E-state index is 0.270. The maximum absolute atomic E-state index is 12.8. The van der Waals surface area contributed by atoms with Gasteiger partial charge < -0.3 is 14.6 Å². The second kappa shape index (κ2) is 9.56. The monoisotopic (exact) mass is 481 g/mol. The fourth-order valence-corrected chi connectivity index (χ4v) is 4.33. The number of nitrogens with one attached hydrogen (secondary N) is 1. The van der Waals surface area contributed by atoms with Crippen LogP contribution < -0.4 is 10.1 Å². The standard InChI is InChI=1S/C24H20ClN3O4S/c1-15-11-16(13-27(15)19-7-9-20(32-2)10-8-19)12-21-23(30)28(24(31)33-21)14-22(29)26-18-5-3-17(25)4-6-18/h3-13H,14H2,1-2H3,(H,26,29)/b21-12+. The summed E-state index contributed by atoms with van der Waals surface area (Å²) in [7, 11) is 1.61. The lowest BCUT2D eigenvalue weighted by molar-refractivity contribution is -0.127. The number of rotatable bonds is 6. The molecule has 7 nitrogen and oxygen atoms in total. The van der Waals surface area contributed by atoms with Crippen molar-refractivity contribution < 1.29 is 19.1 Å². The Morgan fingerprint density at radius 3 is 2.48 bits per heavy atom. The molecular weight excluding hydrogens is 462 g/mol. The van der Waals surface area contributed by atoms with Gasteiger partial charge >= 0.3 is 0 Å². The molecule has 0 atom stereocenters. The van der Waals surface area contributed by atoms with Crippen LogP contribution in [0, 0.1) is 6.92 Å². The first-order valence-corrected chi connectivity index (χ1v) is 11.2. The number of amides is 3. The second-order valence-corrected chi connectivity index (χ2v) is 8.74. The molecule has 2 heterocycles. The van der Waals surface area contributed by atoms with Gasteiger partial charge in [0.05, 0.1) is 12.0 Å². The number of carbonyl (C=O) groups is 3. The number of methoxy groups -OCH3 is 1. The number of halogens is 1. The second-order valence-electron chi connectivity index (χ2n) is 7.31. The fraction of sp³-hybridized carbons (Fsp3) is 0.125. The number of aromatic nitrogens is 1. The quantitative estimate of drug-likeness (QED) is 0.494. The summed E-state index contributed by atoms with van der Waals surface area (Å²) in [6, 6.07) is 16.1. The maximum atomic E-state index is 12.8. The summed E-state index contributed by atoms with van der Waals surface area (Å²) >= 11 is 6.66. The van der Waals surface area contributed by atoms with Gasteiger partial charge in [-0.1, -0.05) is 11.6 Å². The Morgan fingerprint density at radius 1 is 1.12 bits per heavy atom. The van der Waals surface area contributed by atoms with Crippen molar-refractivity contribution in [3.63, 3.8) is 0 Å². The summed E-state index contributed by atoms with van der Waals surface area (Å²) in [6.45, 7) is 1.59. The molecule has 2 aromatic carbocycles. The van der Waals surface area contributed by atoms with Crippen molar-refractivity contribution in [1.29, 1.82) is 0 Å². The summed E-state index contributed by atoms with van der Waals surface area (Å²) in [5.74, 6) is -0.203. The van der Waals surface area contributed by atoms with E-state index in [9.17, 15) is 14.4 Å². The molecule has 3 amide bonds. The highest BCUT2D eigenvalue weighted by Crippen LogP contribution is 2.32. The molecule has 3 aromatic rings. The van der Waals surface area contributed by atoms with Crippen LogP contribution in [-0.2, 0) is 9.59 Å². The largest absolute Gasteiger partial charge is 0.497 e. The van der Waals surface area contributed by atoms with E-state index in [1.807, 2.05) is 48.0 Å². The molecule has 33 heavy (non-hydrogen) atoms. The van der Waals surface area contributed by atoms with Crippen LogP contribution in [0.5, 0.6) is 5.75 Å². The number of hydrogen-bond donors (Lipinski definition) is 1. The van der Waals surface area contributed by atoms with Crippen LogP contribution in [0.3, 0.4) is 0 Å². The van der Waals surface area contributed by atoms with Crippen molar-refractivity contribution in [2.75, 3.05) is 19.0 Å². The topological polar surface area (TPSA) is 80.6 Å². The Hall–Kier alpha value is -3.49. The highest BCUT2D eigenvalue weighted by molar-refractivity contribution is 8.18. The van der Waals surface area contributed by atoms with Gasteiger partial charge in [0, 0.05) is 28.3 Å². The molecule has 1 aliphatic rings. The Bertz CT molecular complexity index is 1250. The molecule has 1 fully saturated rings. The van der Waals surface area contributed by atoms with Gasteiger partial charge in [0.2, 0.25) is 5.91 Å². The van der Waals surface area contributed by atoms with Gasteiger partial charge in [-0.05, 0) is 84.9 Å². The highest BCUT2D eigenvalue weighted by atomic mass is 35.5. The lowest BCUT2D eigenvalue weighted by Gasteiger charge is -2.12. The molecule has 1 saturated heterocycles. The molecule has 4 rings (SSSR count). The number of aryl methyl sites for hydroxylation is 1. The van der Waals surface area contributed by atoms with Gasteiger partial charge in [-0.2, -0.15) is 0 Å². The Balaban J connectivity index is 1.47. The predicted octanol–water partition coefficient (Wildman–Crippen LogP) is 5.12. The Labute approximate surface area is 200 Å². The van der Waals surface area contributed by atoms with E-state index in [1.54, 1.807) is 37.5 Å². The van der Waals surface area contributed by atoms with E-state index in [2.05, 4.69) is 5.32 Å². The number of benzene rings is 2. The molecular formula is C24H20ClN3O4S. The highest BCUT2D eigenvalue weighted by Gasteiger charge is 2.36. The molecule has 9 heteroatoms. The third-order valence-electron chi connectivity index (χ3n) is 4.99. The predicted molar refractivity (Wildman–Crippen MR) is 130 cm³/mol. The Morgan fingerprint density at radius 2 is 1.82 bits per heavy atom. The SMILES string of the molecule is COc1ccc(-n2cc(/C=C3/SC(=O)N(CC(=O)Nc4ccc(Cl)cc4)C3=O)cc2C)cc1. The van der Waals surface area contributed by atoms with Crippen LogP contribution >= 0.6 is 23.4 Å². The molecule has 0 unspecified atom stereocenters. The number of carbonyl (C=O) groups excluding carboxylic acids is 3. The summed E-state index contributed by atoms with van der Waals surface area (Å²) < 4.78 is 7.18. The lowest BCUT2D eigenvalue weighted by atomic mass is 10.2. The van der Waals surface area contributed by atoms with Crippen molar-refractivity contribution >= 4 is 52.2 Å². The minimum Gasteiger partial charge on any atom is -0.497 e. The molecule has 1 aromatic heterocycles. The van der Waals surface area contributed by atoms with E-state index < -0.39 is 17.1 Å². The number of nitrogens with zero attached hydrogens (tertiary/aromatic N) is 2. The molecule has 0 bridgehead atoms. The minimum atomic E-state index is -0.494. The molecule has 0 spiro atoms. The lowest BCUT2D eigenvalue weighted by Crippen LogP contribution is -2.36. The van der Waals surface area contributed by atoms with Crippen molar-refractivity contribution in [2.24, 2.45) is 0 Å². The van der Waals surface area contributed by atoms with Gasteiger partial charge in [0.25, 0.3) is 11.1 Å². The summed E-state index contributed by atoms with van der Waals surface area (Å²) in [4.78, 5) is 38.7. The Kier molecular flexibility index (Phi) is 6.57. The molecule has 1 N–H and O–H groups in total. The van der Waals surface area contributed by atoms with Crippen LogP contribution in [0.1, 0.15) is 11.3 Å². The third kappa shape index (κ3) is 5.13. The van der Waals surface area contributed by atoms with Crippen LogP contribution in [0.25, 0.3) is 11.8 Å².